The molecule has 0 radical (unpaired) electrons. The monoisotopic (exact) mass is 231 g/mol. The average molecular weight is 232 g/mol. The summed E-state index contributed by atoms with van der Waals surface area (Å²) in [6.07, 6.45) is 3.88. The fraction of sp³-hybridized carbons (Fsp3) is 0.455. The molecule has 2 rings (SSSR count). The summed E-state index contributed by atoms with van der Waals surface area (Å²) in [5.41, 5.74) is 7.29. The molecule has 1 nitrogen and oxygen atoms in total. The third-order valence-electron chi connectivity index (χ3n) is 2.89. The number of benzene rings is 1. The molecule has 0 bridgehead atoms. The van der Waals surface area contributed by atoms with Gasteiger partial charge in [0, 0.05) is 11.1 Å². The maximum absolute atomic E-state index is 6.11. The van der Waals surface area contributed by atoms with Crippen LogP contribution in [0.3, 0.4) is 0 Å². The van der Waals surface area contributed by atoms with Crippen LogP contribution >= 0.6 is 24.0 Å². The van der Waals surface area contributed by atoms with Crippen LogP contribution in [0.5, 0.6) is 0 Å². The van der Waals surface area contributed by atoms with Crippen LogP contribution < -0.4 is 5.73 Å². The zero-order chi connectivity index (χ0) is 9.26. The van der Waals surface area contributed by atoms with Crippen molar-refractivity contribution >= 4 is 24.0 Å². The molecule has 0 amide bonds. The van der Waals surface area contributed by atoms with E-state index in [0.717, 1.165) is 5.02 Å². The lowest BCUT2D eigenvalue weighted by Gasteiger charge is -2.31. The van der Waals surface area contributed by atoms with Gasteiger partial charge in [0.2, 0.25) is 0 Å². The SMILES string of the molecule is Cl.NC(c1cccc(Cl)c1)C1CCC1. The van der Waals surface area contributed by atoms with Crippen LogP contribution in [0.1, 0.15) is 30.9 Å². The van der Waals surface area contributed by atoms with E-state index in [4.69, 9.17) is 17.3 Å². The Hall–Kier alpha value is -0.240. The highest BCUT2D eigenvalue weighted by Crippen LogP contribution is 2.36. The molecule has 0 saturated heterocycles. The molecule has 1 aromatic rings. The number of hydrogen-bond donors (Lipinski definition) is 1. The highest BCUT2D eigenvalue weighted by atomic mass is 35.5. The topological polar surface area (TPSA) is 26.0 Å². The van der Waals surface area contributed by atoms with Gasteiger partial charge in [-0.1, -0.05) is 30.2 Å². The van der Waals surface area contributed by atoms with Crippen molar-refractivity contribution in [3.63, 3.8) is 0 Å². The van der Waals surface area contributed by atoms with Crippen molar-refractivity contribution in [2.75, 3.05) is 0 Å². The molecule has 14 heavy (non-hydrogen) atoms. The van der Waals surface area contributed by atoms with E-state index in [1.807, 2.05) is 18.2 Å². The van der Waals surface area contributed by atoms with Crippen LogP contribution in [-0.4, -0.2) is 0 Å². The fourth-order valence-corrected chi connectivity index (χ4v) is 1.98. The minimum absolute atomic E-state index is 0. The van der Waals surface area contributed by atoms with E-state index in [-0.39, 0.29) is 18.4 Å². The summed E-state index contributed by atoms with van der Waals surface area (Å²) in [6.45, 7) is 0. The Bertz CT molecular complexity index is 297. The molecule has 1 atom stereocenters. The van der Waals surface area contributed by atoms with Crippen LogP contribution in [0.2, 0.25) is 5.02 Å². The summed E-state index contributed by atoms with van der Waals surface area (Å²) in [5.74, 6) is 0.679. The Morgan fingerprint density at radius 1 is 1.36 bits per heavy atom. The summed E-state index contributed by atoms with van der Waals surface area (Å²) in [6, 6.07) is 8.08. The van der Waals surface area contributed by atoms with E-state index in [1.54, 1.807) is 0 Å². The summed E-state index contributed by atoms with van der Waals surface area (Å²) >= 11 is 5.90. The molecule has 1 saturated carbocycles. The summed E-state index contributed by atoms with van der Waals surface area (Å²) in [5, 5.41) is 0.785. The van der Waals surface area contributed by atoms with Gasteiger partial charge in [0.05, 0.1) is 0 Å². The zero-order valence-electron chi connectivity index (χ0n) is 7.95. The Kier molecular flexibility index (Phi) is 4.24. The minimum Gasteiger partial charge on any atom is -0.324 e. The van der Waals surface area contributed by atoms with Gasteiger partial charge in [-0.2, -0.15) is 0 Å². The molecule has 0 spiro atoms. The average Bonchev–Trinajstić information content (AvgIpc) is 2.01. The second-order valence-corrected chi connectivity index (χ2v) is 4.21. The molecule has 0 aromatic heterocycles. The molecule has 2 N–H and O–H groups in total. The van der Waals surface area contributed by atoms with Gasteiger partial charge in [0.25, 0.3) is 0 Å². The van der Waals surface area contributed by atoms with Crippen LogP contribution in [-0.2, 0) is 0 Å². The first-order chi connectivity index (χ1) is 6.27. The van der Waals surface area contributed by atoms with Crippen molar-refractivity contribution in [3.05, 3.63) is 34.9 Å². The number of nitrogens with two attached hydrogens (primary N) is 1. The molecule has 1 unspecified atom stereocenters. The molecule has 1 aliphatic rings. The van der Waals surface area contributed by atoms with Gasteiger partial charge in [0.1, 0.15) is 0 Å². The first kappa shape index (κ1) is 11.8. The molecule has 0 aliphatic heterocycles. The van der Waals surface area contributed by atoms with Crippen molar-refractivity contribution in [2.24, 2.45) is 11.7 Å². The van der Waals surface area contributed by atoms with E-state index in [0.29, 0.717) is 5.92 Å². The number of halogens is 2. The molecule has 78 valence electrons. The minimum atomic E-state index is 0. The van der Waals surface area contributed by atoms with Crippen molar-refractivity contribution in [3.8, 4) is 0 Å². The van der Waals surface area contributed by atoms with E-state index in [1.165, 1.54) is 24.8 Å². The largest absolute Gasteiger partial charge is 0.324 e. The lowest BCUT2D eigenvalue weighted by Crippen LogP contribution is -2.26. The molecule has 1 aromatic carbocycles. The van der Waals surface area contributed by atoms with Gasteiger partial charge in [-0.15, -0.1) is 12.4 Å². The Morgan fingerprint density at radius 2 is 2.07 bits per heavy atom. The molecule has 0 heterocycles. The van der Waals surface area contributed by atoms with Gasteiger partial charge in [-0.05, 0) is 36.5 Å². The standard InChI is InChI=1S/C11H14ClN.ClH/c12-10-6-2-5-9(7-10)11(13)8-3-1-4-8;/h2,5-8,11H,1,3-4,13H2;1H. The van der Waals surface area contributed by atoms with Gasteiger partial charge < -0.3 is 5.73 Å². The lowest BCUT2D eigenvalue weighted by molar-refractivity contribution is 0.264. The van der Waals surface area contributed by atoms with Crippen LogP contribution in [0.15, 0.2) is 24.3 Å². The van der Waals surface area contributed by atoms with Crippen molar-refractivity contribution in [1.29, 1.82) is 0 Å². The molecule has 3 heteroatoms. The third kappa shape index (κ3) is 2.41. The quantitative estimate of drug-likeness (QED) is 0.828. The maximum Gasteiger partial charge on any atom is 0.0409 e. The Balaban J connectivity index is 0.000000980. The van der Waals surface area contributed by atoms with Gasteiger partial charge >= 0.3 is 0 Å². The Labute approximate surface area is 96.0 Å². The first-order valence-corrected chi connectivity index (χ1v) is 5.16. The Morgan fingerprint density at radius 3 is 2.57 bits per heavy atom. The smallest absolute Gasteiger partial charge is 0.0409 e. The highest BCUT2D eigenvalue weighted by Gasteiger charge is 2.25. The predicted octanol–water partition coefficient (Wildman–Crippen LogP) is 3.56. The summed E-state index contributed by atoms with van der Waals surface area (Å²) in [4.78, 5) is 0. The third-order valence-corrected chi connectivity index (χ3v) is 3.13. The van der Waals surface area contributed by atoms with Crippen LogP contribution in [0, 0.1) is 5.92 Å². The van der Waals surface area contributed by atoms with Crippen LogP contribution in [0.25, 0.3) is 0 Å². The molecular weight excluding hydrogens is 217 g/mol. The molecule has 1 aliphatic carbocycles. The summed E-state index contributed by atoms with van der Waals surface area (Å²) < 4.78 is 0. The van der Waals surface area contributed by atoms with E-state index >= 15 is 0 Å². The second-order valence-electron chi connectivity index (χ2n) is 3.77. The van der Waals surface area contributed by atoms with E-state index in [2.05, 4.69) is 6.07 Å². The number of hydrogen-bond acceptors (Lipinski definition) is 1. The van der Waals surface area contributed by atoms with E-state index < -0.39 is 0 Å². The first-order valence-electron chi connectivity index (χ1n) is 4.78. The van der Waals surface area contributed by atoms with E-state index in [9.17, 15) is 0 Å². The second kappa shape index (κ2) is 5.01. The maximum atomic E-state index is 6.11. The fourth-order valence-electron chi connectivity index (χ4n) is 1.79. The molecule has 1 fully saturated rings. The predicted molar refractivity (Wildman–Crippen MR) is 63.0 cm³/mol. The normalized spacial score (nSPS) is 18.1. The van der Waals surface area contributed by atoms with Crippen LogP contribution in [0.4, 0.5) is 0 Å². The highest BCUT2D eigenvalue weighted by molar-refractivity contribution is 6.30. The van der Waals surface area contributed by atoms with Gasteiger partial charge in [-0.25, -0.2) is 0 Å². The zero-order valence-corrected chi connectivity index (χ0v) is 9.52. The number of rotatable bonds is 2. The summed E-state index contributed by atoms with van der Waals surface area (Å²) in [7, 11) is 0. The van der Waals surface area contributed by atoms with Gasteiger partial charge in [-0.3, -0.25) is 0 Å². The van der Waals surface area contributed by atoms with Crippen molar-refractivity contribution in [2.45, 2.75) is 25.3 Å². The van der Waals surface area contributed by atoms with Crippen molar-refractivity contribution < 1.29 is 0 Å². The molecular formula is C11H15Cl2N. The lowest BCUT2D eigenvalue weighted by atomic mass is 9.78. The van der Waals surface area contributed by atoms with Crippen molar-refractivity contribution in [1.82, 2.24) is 0 Å². The van der Waals surface area contributed by atoms with Gasteiger partial charge in [0.15, 0.2) is 0 Å².